The summed E-state index contributed by atoms with van der Waals surface area (Å²) >= 11 is 13.6. The molecule has 1 heterocycles. The summed E-state index contributed by atoms with van der Waals surface area (Å²) in [6, 6.07) is 5.94. The SMILES string of the molecule is Cc1cc2ccc(Cl)c(Cl)c2s1. The highest BCUT2D eigenvalue weighted by atomic mass is 35.5. The Bertz CT molecular complexity index is 431. The summed E-state index contributed by atoms with van der Waals surface area (Å²) in [5, 5.41) is 2.48. The Kier molecular flexibility index (Phi) is 2.03. The largest absolute Gasteiger partial charge is 0.139 e. The van der Waals surface area contributed by atoms with Crippen LogP contribution in [-0.2, 0) is 0 Å². The van der Waals surface area contributed by atoms with Crippen LogP contribution >= 0.6 is 34.5 Å². The Hall–Kier alpha value is -0.240. The molecule has 0 saturated heterocycles. The van der Waals surface area contributed by atoms with E-state index in [1.165, 1.54) is 10.3 Å². The molecule has 1 aromatic heterocycles. The summed E-state index contributed by atoms with van der Waals surface area (Å²) < 4.78 is 1.08. The van der Waals surface area contributed by atoms with Gasteiger partial charge in [0.2, 0.25) is 0 Å². The van der Waals surface area contributed by atoms with Crippen LogP contribution in [0.2, 0.25) is 10.0 Å². The van der Waals surface area contributed by atoms with Crippen LogP contribution < -0.4 is 0 Å². The number of aryl methyl sites for hydroxylation is 1. The van der Waals surface area contributed by atoms with Crippen molar-refractivity contribution in [1.82, 2.24) is 0 Å². The first-order valence-electron chi connectivity index (χ1n) is 3.52. The summed E-state index contributed by atoms with van der Waals surface area (Å²) in [5.41, 5.74) is 0. The molecule has 0 aliphatic carbocycles. The van der Waals surface area contributed by atoms with Crippen LogP contribution in [0.1, 0.15) is 4.88 Å². The molecular weight excluding hydrogens is 211 g/mol. The Morgan fingerprint density at radius 1 is 1.25 bits per heavy atom. The van der Waals surface area contributed by atoms with E-state index in [-0.39, 0.29) is 0 Å². The minimum absolute atomic E-state index is 0.631. The molecule has 2 rings (SSSR count). The van der Waals surface area contributed by atoms with Gasteiger partial charge in [0.25, 0.3) is 0 Å². The predicted molar refractivity (Wildman–Crippen MR) is 56.6 cm³/mol. The van der Waals surface area contributed by atoms with Gasteiger partial charge in [-0.3, -0.25) is 0 Å². The van der Waals surface area contributed by atoms with E-state index in [1.807, 2.05) is 12.1 Å². The van der Waals surface area contributed by atoms with Gasteiger partial charge in [0.05, 0.1) is 14.7 Å². The third-order valence-electron chi connectivity index (χ3n) is 1.70. The van der Waals surface area contributed by atoms with Crippen molar-refractivity contribution in [3.63, 3.8) is 0 Å². The minimum atomic E-state index is 0.631. The van der Waals surface area contributed by atoms with Crippen LogP contribution in [0.5, 0.6) is 0 Å². The normalized spacial score (nSPS) is 10.9. The van der Waals surface area contributed by atoms with Gasteiger partial charge in [0.1, 0.15) is 0 Å². The molecule has 0 aliphatic heterocycles. The average Bonchev–Trinajstić information content (AvgIpc) is 2.39. The van der Waals surface area contributed by atoms with Gasteiger partial charge in [-0.15, -0.1) is 11.3 Å². The zero-order valence-electron chi connectivity index (χ0n) is 6.40. The maximum atomic E-state index is 6.02. The highest BCUT2D eigenvalue weighted by Gasteiger charge is 2.05. The molecule has 0 spiro atoms. The molecule has 0 radical (unpaired) electrons. The van der Waals surface area contributed by atoms with Gasteiger partial charge >= 0.3 is 0 Å². The molecular formula is C9H6Cl2S. The lowest BCUT2D eigenvalue weighted by Crippen LogP contribution is -1.67. The van der Waals surface area contributed by atoms with Gasteiger partial charge in [-0.25, -0.2) is 0 Å². The van der Waals surface area contributed by atoms with Crippen molar-refractivity contribution in [2.24, 2.45) is 0 Å². The van der Waals surface area contributed by atoms with Crippen molar-refractivity contribution in [3.8, 4) is 0 Å². The quantitative estimate of drug-likeness (QED) is 0.608. The monoisotopic (exact) mass is 216 g/mol. The lowest BCUT2D eigenvalue weighted by Gasteiger charge is -1.94. The molecule has 3 heteroatoms. The molecule has 0 bridgehead atoms. The summed E-state index contributed by atoms with van der Waals surface area (Å²) in [7, 11) is 0. The van der Waals surface area contributed by atoms with E-state index in [2.05, 4.69) is 13.0 Å². The summed E-state index contributed by atoms with van der Waals surface area (Å²) in [5.74, 6) is 0. The Labute approximate surface area is 84.7 Å². The molecule has 2 aromatic rings. The van der Waals surface area contributed by atoms with E-state index in [0.717, 1.165) is 4.70 Å². The zero-order chi connectivity index (χ0) is 8.72. The maximum Gasteiger partial charge on any atom is 0.0770 e. The molecule has 0 amide bonds. The van der Waals surface area contributed by atoms with Crippen LogP contribution in [0, 0.1) is 6.92 Å². The van der Waals surface area contributed by atoms with Crippen molar-refractivity contribution in [1.29, 1.82) is 0 Å². The summed E-state index contributed by atoms with van der Waals surface area (Å²) in [6.07, 6.45) is 0. The molecule has 0 aliphatic rings. The molecule has 0 atom stereocenters. The first-order valence-corrected chi connectivity index (χ1v) is 5.10. The highest BCUT2D eigenvalue weighted by Crippen LogP contribution is 2.35. The maximum absolute atomic E-state index is 6.02. The van der Waals surface area contributed by atoms with Gasteiger partial charge in [-0.05, 0) is 24.4 Å². The molecule has 0 N–H and O–H groups in total. The van der Waals surface area contributed by atoms with Gasteiger partial charge in [0, 0.05) is 4.88 Å². The van der Waals surface area contributed by atoms with Gasteiger partial charge < -0.3 is 0 Å². The zero-order valence-corrected chi connectivity index (χ0v) is 8.72. The van der Waals surface area contributed by atoms with Crippen LogP contribution in [-0.4, -0.2) is 0 Å². The van der Waals surface area contributed by atoms with E-state index in [0.29, 0.717) is 10.0 Å². The van der Waals surface area contributed by atoms with Crippen molar-refractivity contribution >= 4 is 44.6 Å². The number of halogens is 2. The molecule has 12 heavy (non-hydrogen) atoms. The van der Waals surface area contributed by atoms with Crippen molar-refractivity contribution in [2.45, 2.75) is 6.92 Å². The lowest BCUT2D eigenvalue weighted by atomic mass is 10.2. The van der Waals surface area contributed by atoms with E-state index in [1.54, 1.807) is 11.3 Å². The van der Waals surface area contributed by atoms with Crippen molar-refractivity contribution in [2.75, 3.05) is 0 Å². The highest BCUT2D eigenvalue weighted by molar-refractivity contribution is 7.19. The van der Waals surface area contributed by atoms with Gasteiger partial charge in [0.15, 0.2) is 0 Å². The molecule has 0 unspecified atom stereocenters. The van der Waals surface area contributed by atoms with Crippen molar-refractivity contribution in [3.05, 3.63) is 33.1 Å². The minimum Gasteiger partial charge on any atom is -0.139 e. The Morgan fingerprint density at radius 2 is 2.00 bits per heavy atom. The molecule has 1 aromatic carbocycles. The number of thiophene rings is 1. The van der Waals surface area contributed by atoms with Gasteiger partial charge in [-0.2, -0.15) is 0 Å². The first kappa shape index (κ1) is 8.36. The van der Waals surface area contributed by atoms with Crippen LogP contribution in [0.4, 0.5) is 0 Å². The fourth-order valence-electron chi connectivity index (χ4n) is 1.17. The van der Waals surface area contributed by atoms with E-state index >= 15 is 0 Å². The predicted octanol–water partition coefficient (Wildman–Crippen LogP) is 4.52. The summed E-state index contributed by atoms with van der Waals surface area (Å²) in [4.78, 5) is 1.26. The number of hydrogen-bond acceptors (Lipinski definition) is 1. The number of benzene rings is 1. The standard InChI is InChI=1S/C9H6Cl2S/c1-5-4-6-2-3-7(10)8(11)9(6)12-5/h2-4H,1H3. The van der Waals surface area contributed by atoms with Crippen molar-refractivity contribution < 1.29 is 0 Å². The second kappa shape index (κ2) is 2.91. The number of fused-ring (bicyclic) bond motifs is 1. The fourth-order valence-corrected chi connectivity index (χ4v) is 2.63. The Balaban J connectivity index is 2.89. The van der Waals surface area contributed by atoms with Gasteiger partial charge in [-0.1, -0.05) is 29.3 Å². The first-order chi connectivity index (χ1) is 5.68. The smallest absolute Gasteiger partial charge is 0.0770 e. The molecule has 0 fully saturated rings. The van der Waals surface area contributed by atoms with Crippen LogP contribution in [0.25, 0.3) is 10.1 Å². The number of rotatable bonds is 0. The second-order valence-electron chi connectivity index (χ2n) is 2.64. The average molecular weight is 217 g/mol. The third-order valence-corrected chi connectivity index (χ3v) is 3.70. The summed E-state index contributed by atoms with van der Waals surface area (Å²) in [6.45, 7) is 2.06. The fraction of sp³-hybridized carbons (Fsp3) is 0.111. The Morgan fingerprint density at radius 3 is 2.75 bits per heavy atom. The van der Waals surface area contributed by atoms with E-state index in [9.17, 15) is 0 Å². The molecule has 62 valence electrons. The van der Waals surface area contributed by atoms with Crippen LogP contribution in [0.3, 0.4) is 0 Å². The van der Waals surface area contributed by atoms with Crippen LogP contribution in [0.15, 0.2) is 18.2 Å². The topological polar surface area (TPSA) is 0 Å². The van der Waals surface area contributed by atoms with E-state index in [4.69, 9.17) is 23.2 Å². The van der Waals surface area contributed by atoms with E-state index < -0.39 is 0 Å². The molecule has 0 saturated carbocycles. The number of hydrogen-bond donors (Lipinski definition) is 0. The second-order valence-corrected chi connectivity index (χ2v) is 4.68. The molecule has 0 nitrogen and oxygen atoms in total. The third kappa shape index (κ3) is 1.22. The lowest BCUT2D eigenvalue weighted by molar-refractivity contribution is 1.65.